The monoisotopic (exact) mass is 320 g/mol. The van der Waals surface area contributed by atoms with E-state index in [9.17, 15) is 4.79 Å². The van der Waals surface area contributed by atoms with Crippen molar-refractivity contribution in [1.82, 2.24) is 25.2 Å². The largest absolute Gasteiger partial charge is 0.337 e. The fraction of sp³-hybridized carbons (Fsp3) is 0.357. The number of hydrogen-bond acceptors (Lipinski definition) is 5. The summed E-state index contributed by atoms with van der Waals surface area (Å²) in [5.41, 5.74) is 1.10. The lowest BCUT2D eigenvalue weighted by Crippen LogP contribution is -2.47. The molecule has 1 fully saturated rings. The highest BCUT2D eigenvalue weighted by molar-refractivity contribution is 6.30. The molecule has 0 bridgehead atoms. The highest BCUT2D eigenvalue weighted by Crippen LogP contribution is 2.20. The third-order valence-electron chi connectivity index (χ3n) is 3.65. The number of aromatic amines is 1. The molecule has 0 unspecified atom stereocenters. The number of piperazine rings is 1. The number of likely N-dealkylation sites (N-methyl/N-ethyl adjacent to an activating group) is 1. The van der Waals surface area contributed by atoms with Crippen molar-refractivity contribution in [2.24, 2.45) is 0 Å². The number of nitrogens with one attached hydrogen (secondary N) is 2. The molecular formula is C14H17ClN6O. The molecule has 1 aliphatic heterocycles. The van der Waals surface area contributed by atoms with Crippen molar-refractivity contribution in [3.05, 3.63) is 35.0 Å². The normalized spacial score (nSPS) is 15.8. The van der Waals surface area contributed by atoms with Gasteiger partial charge in [0, 0.05) is 36.9 Å². The molecule has 2 N–H and O–H groups in total. The van der Waals surface area contributed by atoms with E-state index in [4.69, 9.17) is 11.6 Å². The molecule has 22 heavy (non-hydrogen) atoms. The summed E-state index contributed by atoms with van der Waals surface area (Å²) in [5, 5.41) is 14.3. The number of anilines is 2. The number of nitrogens with zero attached hydrogens (tertiary/aromatic N) is 4. The van der Waals surface area contributed by atoms with Crippen LogP contribution in [0.4, 0.5) is 11.5 Å². The number of amides is 1. The topological polar surface area (TPSA) is 77.2 Å². The summed E-state index contributed by atoms with van der Waals surface area (Å²) < 4.78 is 0. The second-order valence-electron chi connectivity index (χ2n) is 5.25. The molecule has 1 aliphatic rings. The maximum absolute atomic E-state index is 12.6. The van der Waals surface area contributed by atoms with E-state index in [1.54, 1.807) is 17.0 Å². The van der Waals surface area contributed by atoms with Gasteiger partial charge in [-0.1, -0.05) is 11.6 Å². The predicted molar refractivity (Wildman–Crippen MR) is 84.5 cm³/mol. The van der Waals surface area contributed by atoms with Crippen molar-refractivity contribution in [2.75, 3.05) is 38.5 Å². The minimum absolute atomic E-state index is 0.113. The van der Waals surface area contributed by atoms with Gasteiger partial charge in [0.25, 0.3) is 5.91 Å². The van der Waals surface area contributed by atoms with Gasteiger partial charge >= 0.3 is 0 Å². The summed E-state index contributed by atoms with van der Waals surface area (Å²) >= 11 is 5.86. The maximum atomic E-state index is 12.6. The summed E-state index contributed by atoms with van der Waals surface area (Å²) in [5.74, 6) is 0.310. The summed E-state index contributed by atoms with van der Waals surface area (Å²) in [6.07, 6.45) is 0. The van der Waals surface area contributed by atoms with Gasteiger partial charge in [-0.05, 0) is 31.3 Å². The summed E-state index contributed by atoms with van der Waals surface area (Å²) in [6.45, 7) is 3.12. The van der Waals surface area contributed by atoms with Crippen molar-refractivity contribution < 1.29 is 4.79 Å². The molecule has 0 aliphatic carbocycles. The van der Waals surface area contributed by atoms with Crippen LogP contribution >= 0.6 is 11.6 Å². The molecule has 116 valence electrons. The van der Waals surface area contributed by atoms with E-state index in [0.29, 0.717) is 29.6 Å². The highest BCUT2D eigenvalue weighted by Gasteiger charge is 2.25. The first-order valence-corrected chi connectivity index (χ1v) is 7.42. The van der Waals surface area contributed by atoms with E-state index >= 15 is 0 Å². The standard InChI is InChI=1S/C14H17ClN6O/c1-20-6-8-21(9-7-20)14(22)12-13(18-19-17-12)16-11-4-2-10(15)3-5-11/h2-5H,6-9H2,1H3,(H2,16,17,18,19). The molecule has 0 saturated carbocycles. The van der Waals surface area contributed by atoms with Crippen LogP contribution in [-0.2, 0) is 0 Å². The van der Waals surface area contributed by atoms with Gasteiger partial charge in [0.05, 0.1) is 0 Å². The predicted octanol–water partition coefficient (Wildman–Crippen LogP) is 1.59. The molecule has 1 aromatic heterocycles. The van der Waals surface area contributed by atoms with Crippen LogP contribution in [0.1, 0.15) is 10.5 Å². The van der Waals surface area contributed by atoms with Crippen molar-refractivity contribution >= 4 is 29.0 Å². The lowest BCUT2D eigenvalue weighted by Gasteiger charge is -2.31. The number of benzene rings is 1. The first-order chi connectivity index (χ1) is 10.6. The van der Waals surface area contributed by atoms with Crippen molar-refractivity contribution in [3.63, 3.8) is 0 Å². The first kappa shape index (κ1) is 14.8. The zero-order valence-electron chi connectivity index (χ0n) is 12.2. The highest BCUT2D eigenvalue weighted by atomic mass is 35.5. The van der Waals surface area contributed by atoms with E-state index in [2.05, 4.69) is 25.6 Å². The Morgan fingerprint density at radius 2 is 1.86 bits per heavy atom. The van der Waals surface area contributed by atoms with Crippen LogP contribution in [0, 0.1) is 0 Å². The molecule has 0 radical (unpaired) electrons. The van der Waals surface area contributed by atoms with Crippen LogP contribution in [0.15, 0.2) is 24.3 Å². The van der Waals surface area contributed by atoms with E-state index in [1.165, 1.54) is 0 Å². The Hall–Kier alpha value is -2.12. The maximum Gasteiger partial charge on any atom is 0.278 e. The SMILES string of the molecule is CN1CCN(C(=O)c2n[nH]nc2Nc2ccc(Cl)cc2)CC1. The lowest BCUT2D eigenvalue weighted by atomic mass is 10.2. The van der Waals surface area contributed by atoms with Gasteiger partial charge in [0.15, 0.2) is 11.5 Å². The molecule has 3 rings (SSSR count). The molecule has 0 spiro atoms. The van der Waals surface area contributed by atoms with Gasteiger partial charge in [0.1, 0.15) is 0 Å². The zero-order chi connectivity index (χ0) is 15.5. The van der Waals surface area contributed by atoms with Gasteiger partial charge in [-0.3, -0.25) is 4.79 Å². The van der Waals surface area contributed by atoms with Crippen LogP contribution in [0.3, 0.4) is 0 Å². The van der Waals surface area contributed by atoms with Gasteiger partial charge in [0.2, 0.25) is 0 Å². The van der Waals surface area contributed by atoms with Crippen molar-refractivity contribution in [1.29, 1.82) is 0 Å². The molecule has 1 saturated heterocycles. The van der Waals surface area contributed by atoms with Crippen LogP contribution < -0.4 is 5.32 Å². The number of hydrogen-bond donors (Lipinski definition) is 2. The molecular weight excluding hydrogens is 304 g/mol. The van der Waals surface area contributed by atoms with Gasteiger partial charge < -0.3 is 15.1 Å². The Labute approximate surface area is 133 Å². The zero-order valence-corrected chi connectivity index (χ0v) is 13.0. The van der Waals surface area contributed by atoms with Crippen molar-refractivity contribution in [3.8, 4) is 0 Å². The molecule has 7 nitrogen and oxygen atoms in total. The minimum Gasteiger partial charge on any atom is -0.337 e. The van der Waals surface area contributed by atoms with Crippen LogP contribution in [-0.4, -0.2) is 64.3 Å². The lowest BCUT2D eigenvalue weighted by molar-refractivity contribution is 0.0659. The number of carbonyl (C=O) groups excluding carboxylic acids is 1. The van der Waals surface area contributed by atoms with Gasteiger partial charge in [-0.2, -0.15) is 5.21 Å². The third-order valence-corrected chi connectivity index (χ3v) is 3.90. The fourth-order valence-electron chi connectivity index (χ4n) is 2.30. The summed E-state index contributed by atoms with van der Waals surface area (Å²) in [6, 6.07) is 7.18. The second-order valence-corrected chi connectivity index (χ2v) is 5.68. The molecule has 2 heterocycles. The quantitative estimate of drug-likeness (QED) is 0.898. The Kier molecular flexibility index (Phi) is 4.26. The van der Waals surface area contributed by atoms with Gasteiger partial charge in [-0.15, -0.1) is 10.2 Å². The van der Waals surface area contributed by atoms with E-state index in [-0.39, 0.29) is 5.91 Å². The average molecular weight is 321 g/mol. The number of H-pyrrole nitrogens is 1. The number of rotatable bonds is 3. The molecule has 8 heteroatoms. The second kappa shape index (κ2) is 6.33. The van der Waals surface area contributed by atoms with E-state index < -0.39 is 0 Å². The third kappa shape index (κ3) is 3.20. The van der Waals surface area contributed by atoms with E-state index in [1.807, 2.05) is 19.2 Å². The molecule has 1 amide bonds. The fourth-order valence-corrected chi connectivity index (χ4v) is 2.42. The Morgan fingerprint density at radius 3 is 2.55 bits per heavy atom. The first-order valence-electron chi connectivity index (χ1n) is 7.04. The summed E-state index contributed by atoms with van der Waals surface area (Å²) in [4.78, 5) is 16.5. The average Bonchev–Trinajstić information content (AvgIpc) is 2.98. The molecule has 1 aromatic carbocycles. The van der Waals surface area contributed by atoms with E-state index in [0.717, 1.165) is 18.8 Å². The Bertz CT molecular complexity index is 648. The number of carbonyl (C=O) groups is 1. The molecule has 0 atom stereocenters. The van der Waals surface area contributed by atoms with Crippen LogP contribution in [0.5, 0.6) is 0 Å². The Morgan fingerprint density at radius 1 is 1.18 bits per heavy atom. The Balaban J connectivity index is 1.74. The van der Waals surface area contributed by atoms with Crippen LogP contribution in [0.25, 0.3) is 0 Å². The van der Waals surface area contributed by atoms with Crippen LogP contribution in [0.2, 0.25) is 5.02 Å². The van der Waals surface area contributed by atoms with Gasteiger partial charge in [-0.25, -0.2) is 0 Å². The molecule has 2 aromatic rings. The minimum atomic E-state index is -0.113. The van der Waals surface area contributed by atoms with Crippen molar-refractivity contribution in [2.45, 2.75) is 0 Å². The summed E-state index contributed by atoms with van der Waals surface area (Å²) in [7, 11) is 2.05. The number of halogens is 1. The number of aromatic nitrogens is 3. The smallest absolute Gasteiger partial charge is 0.278 e.